The molecule has 0 N–H and O–H groups in total. The lowest BCUT2D eigenvalue weighted by molar-refractivity contribution is -0.159. The molecule has 0 bridgehead atoms. The molecule has 1 rings (SSSR count). The summed E-state index contributed by atoms with van der Waals surface area (Å²) in [6, 6.07) is 0. The number of ether oxygens (including phenoxy) is 1. The van der Waals surface area contributed by atoms with Crippen molar-refractivity contribution in [2.45, 2.75) is 84.7 Å². The van der Waals surface area contributed by atoms with Crippen LogP contribution in [0.25, 0.3) is 0 Å². The Morgan fingerprint density at radius 3 is 2.42 bits per heavy atom. The second-order valence-corrected chi connectivity index (χ2v) is 6.84. The highest BCUT2D eigenvalue weighted by Crippen LogP contribution is 2.25. The fourth-order valence-corrected chi connectivity index (χ4v) is 3.16. The molecule has 1 heterocycles. The molecule has 0 aromatic rings. The lowest BCUT2D eigenvalue weighted by Crippen LogP contribution is -2.48. The average Bonchev–Trinajstić information content (AvgIpc) is 2.56. The summed E-state index contributed by atoms with van der Waals surface area (Å²) in [6.45, 7) is 6.97. The van der Waals surface area contributed by atoms with E-state index in [1.807, 2.05) is 4.90 Å². The summed E-state index contributed by atoms with van der Waals surface area (Å²) >= 11 is 0. The molecule has 24 heavy (non-hydrogen) atoms. The van der Waals surface area contributed by atoms with Gasteiger partial charge in [0.15, 0.2) is 0 Å². The van der Waals surface area contributed by atoms with Gasteiger partial charge >= 0.3 is 5.97 Å². The normalized spacial score (nSPS) is 20.7. The molecular formula is C19H33NO4. The summed E-state index contributed by atoms with van der Waals surface area (Å²) in [5.74, 6) is 0.137. The molecule has 1 saturated heterocycles. The van der Waals surface area contributed by atoms with Gasteiger partial charge in [0, 0.05) is 19.4 Å². The number of carbonyl (C=O) groups is 3. The third kappa shape index (κ3) is 7.45. The van der Waals surface area contributed by atoms with E-state index in [1.165, 1.54) is 13.3 Å². The van der Waals surface area contributed by atoms with Gasteiger partial charge in [0.1, 0.15) is 11.9 Å². The van der Waals surface area contributed by atoms with Crippen LogP contribution in [0.2, 0.25) is 0 Å². The van der Waals surface area contributed by atoms with E-state index in [9.17, 15) is 14.4 Å². The summed E-state index contributed by atoms with van der Waals surface area (Å²) in [6.07, 6.45) is 6.88. The maximum Gasteiger partial charge on any atom is 0.306 e. The van der Waals surface area contributed by atoms with Gasteiger partial charge in [-0.2, -0.15) is 0 Å². The van der Waals surface area contributed by atoms with Crippen LogP contribution in [0.5, 0.6) is 0 Å². The van der Waals surface area contributed by atoms with Gasteiger partial charge in [0.05, 0.1) is 13.0 Å². The van der Waals surface area contributed by atoms with Crippen molar-refractivity contribution < 1.29 is 19.1 Å². The van der Waals surface area contributed by atoms with Gasteiger partial charge in [-0.1, -0.05) is 33.1 Å². The van der Waals surface area contributed by atoms with Crippen molar-refractivity contribution in [3.63, 3.8) is 0 Å². The predicted molar refractivity (Wildman–Crippen MR) is 93.5 cm³/mol. The Labute approximate surface area is 146 Å². The Kier molecular flexibility index (Phi) is 9.65. The van der Waals surface area contributed by atoms with Crippen molar-refractivity contribution in [2.75, 3.05) is 13.1 Å². The number of carbonyl (C=O) groups excluding carboxylic acids is 3. The Hall–Kier alpha value is -1.39. The number of amides is 1. The van der Waals surface area contributed by atoms with Crippen LogP contribution in [0.4, 0.5) is 0 Å². The lowest BCUT2D eigenvalue weighted by Gasteiger charge is -2.37. The number of unbranched alkanes of at least 4 members (excludes halogenated alkanes) is 3. The first-order valence-corrected chi connectivity index (χ1v) is 9.44. The van der Waals surface area contributed by atoms with Crippen LogP contribution in [0, 0.1) is 5.92 Å². The van der Waals surface area contributed by atoms with Gasteiger partial charge in [0.25, 0.3) is 0 Å². The number of ketones is 1. The standard InChI is InChI=1S/C19H33NO4/c1-4-6-7-8-9-18(22)20-13-12-16(5-2)17(14-20)24-19(23)11-10-15(3)21/h16-17H,4-14H2,1-3H3/t16-,17-/m1/s1. The fourth-order valence-electron chi connectivity index (χ4n) is 3.16. The van der Waals surface area contributed by atoms with Crippen molar-refractivity contribution in [1.82, 2.24) is 4.90 Å². The molecule has 1 amide bonds. The van der Waals surface area contributed by atoms with E-state index in [-0.39, 0.29) is 36.6 Å². The largest absolute Gasteiger partial charge is 0.460 e. The van der Waals surface area contributed by atoms with Crippen LogP contribution in [0.1, 0.15) is 78.6 Å². The second-order valence-electron chi connectivity index (χ2n) is 6.84. The predicted octanol–water partition coefficient (Wildman–Crippen LogP) is 3.50. The zero-order valence-corrected chi connectivity index (χ0v) is 15.5. The number of Topliss-reactive ketones (excluding diaryl/α,β-unsaturated/α-hetero) is 1. The Morgan fingerprint density at radius 2 is 1.79 bits per heavy atom. The molecule has 0 unspecified atom stereocenters. The Bertz CT molecular complexity index is 422. The molecule has 5 heteroatoms. The smallest absolute Gasteiger partial charge is 0.306 e. The zero-order chi connectivity index (χ0) is 17.9. The monoisotopic (exact) mass is 339 g/mol. The summed E-state index contributed by atoms with van der Waals surface area (Å²) in [4.78, 5) is 37.1. The molecule has 138 valence electrons. The second kappa shape index (κ2) is 11.2. The maximum absolute atomic E-state index is 12.3. The van der Waals surface area contributed by atoms with Crippen LogP contribution in [0.15, 0.2) is 0 Å². The zero-order valence-electron chi connectivity index (χ0n) is 15.5. The first-order valence-electron chi connectivity index (χ1n) is 9.44. The van der Waals surface area contributed by atoms with Gasteiger partial charge in [-0.05, 0) is 32.1 Å². The molecule has 1 fully saturated rings. The van der Waals surface area contributed by atoms with Gasteiger partial charge in [0.2, 0.25) is 5.91 Å². The quantitative estimate of drug-likeness (QED) is 0.451. The first-order chi connectivity index (χ1) is 11.5. The summed E-state index contributed by atoms with van der Waals surface area (Å²) in [7, 11) is 0. The van der Waals surface area contributed by atoms with Crippen molar-refractivity contribution in [2.24, 2.45) is 5.92 Å². The number of nitrogens with zero attached hydrogens (tertiary/aromatic N) is 1. The molecular weight excluding hydrogens is 306 g/mol. The fraction of sp³-hybridized carbons (Fsp3) is 0.842. The molecule has 0 saturated carbocycles. The minimum atomic E-state index is -0.328. The molecule has 1 aliphatic heterocycles. The number of rotatable bonds is 10. The first kappa shape index (κ1) is 20.7. The van der Waals surface area contributed by atoms with Crippen LogP contribution >= 0.6 is 0 Å². The van der Waals surface area contributed by atoms with E-state index in [2.05, 4.69) is 13.8 Å². The topological polar surface area (TPSA) is 63.7 Å². The number of likely N-dealkylation sites (tertiary alicyclic amines) is 1. The van der Waals surface area contributed by atoms with Gasteiger partial charge in [-0.15, -0.1) is 0 Å². The molecule has 2 atom stereocenters. The van der Waals surface area contributed by atoms with Crippen LogP contribution < -0.4 is 0 Å². The van der Waals surface area contributed by atoms with E-state index in [4.69, 9.17) is 4.74 Å². The number of hydrogen-bond donors (Lipinski definition) is 0. The number of piperidine rings is 1. The summed E-state index contributed by atoms with van der Waals surface area (Å²) in [5, 5.41) is 0. The Balaban J connectivity index is 2.48. The molecule has 5 nitrogen and oxygen atoms in total. The minimum Gasteiger partial charge on any atom is -0.460 e. The average molecular weight is 339 g/mol. The molecule has 0 radical (unpaired) electrons. The molecule has 0 aromatic heterocycles. The van der Waals surface area contributed by atoms with Crippen LogP contribution in [0.3, 0.4) is 0 Å². The molecule has 0 spiro atoms. The summed E-state index contributed by atoms with van der Waals surface area (Å²) in [5.41, 5.74) is 0. The molecule has 1 aliphatic rings. The minimum absolute atomic E-state index is 0.00785. The van der Waals surface area contributed by atoms with E-state index in [0.29, 0.717) is 18.9 Å². The Morgan fingerprint density at radius 1 is 1.04 bits per heavy atom. The lowest BCUT2D eigenvalue weighted by atomic mass is 9.91. The van der Waals surface area contributed by atoms with Gasteiger partial charge < -0.3 is 14.4 Å². The SMILES string of the molecule is CCCCCCC(=O)N1CC[C@@H](CC)[C@H](OC(=O)CCC(C)=O)C1. The van der Waals surface area contributed by atoms with E-state index >= 15 is 0 Å². The highest BCUT2D eigenvalue weighted by atomic mass is 16.5. The van der Waals surface area contributed by atoms with Crippen molar-refractivity contribution in [3.05, 3.63) is 0 Å². The highest BCUT2D eigenvalue weighted by Gasteiger charge is 2.32. The van der Waals surface area contributed by atoms with Crippen LogP contribution in [-0.2, 0) is 19.1 Å². The van der Waals surface area contributed by atoms with E-state index in [1.54, 1.807) is 0 Å². The number of esters is 1. The van der Waals surface area contributed by atoms with Crippen molar-refractivity contribution >= 4 is 17.7 Å². The third-order valence-electron chi connectivity index (χ3n) is 4.78. The van der Waals surface area contributed by atoms with E-state index in [0.717, 1.165) is 38.6 Å². The van der Waals surface area contributed by atoms with Gasteiger partial charge in [-0.3, -0.25) is 9.59 Å². The highest BCUT2D eigenvalue weighted by molar-refractivity contribution is 5.81. The van der Waals surface area contributed by atoms with Crippen molar-refractivity contribution in [1.29, 1.82) is 0 Å². The maximum atomic E-state index is 12.3. The molecule has 0 aliphatic carbocycles. The number of hydrogen-bond acceptors (Lipinski definition) is 4. The van der Waals surface area contributed by atoms with Gasteiger partial charge in [-0.25, -0.2) is 0 Å². The summed E-state index contributed by atoms with van der Waals surface area (Å²) < 4.78 is 5.58. The van der Waals surface area contributed by atoms with Crippen molar-refractivity contribution in [3.8, 4) is 0 Å². The third-order valence-corrected chi connectivity index (χ3v) is 4.78. The molecule has 0 aromatic carbocycles. The van der Waals surface area contributed by atoms with E-state index < -0.39 is 0 Å². The van der Waals surface area contributed by atoms with Crippen LogP contribution in [-0.4, -0.2) is 41.8 Å².